The molecule has 29 heavy (non-hydrogen) atoms. The molecular weight excluding hydrogens is 598 g/mol. The van der Waals surface area contributed by atoms with Crippen LogP contribution in [0.1, 0.15) is 28.1 Å². The number of hydrogen-bond acceptors (Lipinski definition) is 5. The summed E-state index contributed by atoms with van der Waals surface area (Å²) in [6.45, 7) is 0. The number of H-pyrrole nitrogens is 1. The van der Waals surface area contributed by atoms with Gasteiger partial charge in [0.2, 0.25) is 0 Å². The van der Waals surface area contributed by atoms with Gasteiger partial charge in [0.25, 0.3) is 0 Å². The standard InChI is InChI=1S/C20H18I2N4O3/c1-26-17(24-25-20(26)27)8-14-3-4-15(10-22)19(18(14)28-2)29-16-6-12(9-21)5-13(7-16)11-23/h3-7H,8-10H2,1-2H3,(H,25,27). The number of benzene rings is 2. The van der Waals surface area contributed by atoms with Gasteiger partial charge in [0.15, 0.2) is 11.5 Å². The molecule has 0 atom stereocenters. The van der Waals surface area contributed by atoms with E-state index in [9.17, 15) is 10.1 Å². The molecule has 1 aromatic heterocycles. The number of aromatic nitrogens is 3. The predicted molar refractivity (Wildman–Crippen MR) is 126 cm³/mol. The first-order chi connectivity index (χ1) is 14.0. The van der Waals surface area contributed by atoms with Gasteiger partial charge in [0.05, 0.1) is 18.7 Å². The van der Waals surface area contributed by atoms with E-state index in [-0.39, 0.29) is 5.69 Å². The minimum absolute atomic E-state index is 0.265. The van der Waals surface area contributed by atoms with Gasteiger partial charge in [-0.15, -0.1) is 0 Å². The maximum atomic E-state index is 11.7. The van der Waals surface area contributed by atoms with E-state index < -0.39 is 0 Å². The maximum Gasteiger partial charge on any atom is 0.343 e. The van der Waals surface area contributed by atoms with E-state index in [1.54, 1.807) is 20.2 Å². The second-order valence-electron chi connectivity index (χ2n) is 6.27. The van der Waals surface area contributed by atoms with Gasteiger partial charge < -0.3 is 9.47 Å². The lowest BCUT2D eigenvalue weighted by atomic mass is 10.1. The molecule has 0 radical (unpaired) electrons. The fourth-order valence-electron chi connectivity index (χ4n) is 2.91. The number of nitrogens with one attached hydrogen (secondary N) is 1. The maximum absolute atomic E-state index is 11.7. The minimum atomic E-state index is -0.265. The second-order valence-corrected chi connectivity index (χ2v) is 7.80. The molecule has 7 nitrogen and oxygen atoms in total. The van der Waals surface area contributed by atoms with E-state index in [1.807, 2.05) is 24.3 Å². The average Bonchev–Trinajstić information content (AvgIpc) is 3.05. The van der Waals surface area contributed by atoms with E-state index in [0.29, 0.717) is 35.1 Å². The van der Waals surface area contributed by atoms with Gasteiger partial charge in [-0.1, -0.05) is 57.3 Å². The van der Waals surface area contributed by atoms with Crippen LogP contribution in [0.2, 0.25) is 0 Å². The highest BCUT2D eigenvalue weighted by Crippen LogP contribution is 2.40. The molecule has 0 spiro atoms. The van der Waals surface area contributed by atoms with Crippen molar-refractivity contribution in [3.8, 4) is 23.3 Å². The molecule has 3 aromatic rings. The van der Waals surface area contributed by atoms with Crippen LogP contribution in [-0.2, 0) is 22.3 Å². The molecule has 0 fully saturated rings. The van der Waals surface area contributed by atoms with Crippen LogP contribution in [0.5, 0.6) is 17.2 Å². The molecule has 2 aromatic carbocycles. The summed E-state index contributed by atoms with van der Waals surface area (Å²) in [6.07, 6.45) is 0.410. The van der Waals surface area contributed by atoms with Crippen molar-refractivity contribution < 1.29 is 9.47 Å². The Morgan fingerprint density at radius 1 is 1.17 bits per heavy atom. The van der Waals surface area contributed by atoms with Crippen LogP contribution in [0.4, 0.5) is 0 Å². The van der Waals surface area contributed by atoms with Crippen molar-refractivity contribution >= 4 is 45.2 Å². The van der Waals surface area contributed by atoms with Gasteiger partial charge in [-0.25, -0.2) is 9.89 Å². The summed E-state index contributed by atoms with van der Waals surface area (Å²) in [7, 11) is 3.26. The molecule has 0 saturated heterocycles. The molecule has 0 aliphatic carbocycles. The van der Waals surface area contributed by atoms with Crippen molar-refractivity contribution in [3.05, 3.63) is 68.9 Å². The van der Waals surface area contributed by atoms with E-state index in [2.05, 4.69) is 61.4 Å². The number of halogens is 2. The summed E-state index contributed by atoms with van der Waals surface area (Å²) in [5, 5.41) is 15.8. The molecule has 0 aliphatic heterocycles. The van der Waals surface area contributed by atoms with Gasteiger partial charge in [-0.05, 0) is 23.8 Å². The van der Waals surface area contributed by atoms with Crippen molar-refractivity contribution in [1.82, 2.24) is 14.8 Å². The van der Waals surface area contributed by atoms with Crippen molar-refractivity contribution in [1.29, 1.82) is 5.26 Å². The molecule has 0 aliphatic rings. The Labute approximate surface area is 195 Å². The van der Waals surface area contributed by atoms with Crippen molar-refractivity contribution in [2.45, 2.75) is 15.3 Å². The summed E-state index contributed by atoms with van der Waals surface area (Å²) >= 11 is 4.53. The van der Waals surface area contributed by atoms with Gasteiger partial charge >= 0.3 is 5.69 Å². The van der Waals surface area contributed by atoms with E-state index in [1.165, 1.54) is 4.57 Å². The van der Waals surface area contributed by atoms with Crippen LogP contribution in [0.15, 0.2) is 35.1 Å². The van der Waals surface area contributed by atoms with Crippen LogP contribution in [-0.4, -0.2) is 21.9 Å². The van der Waals surface area contributed by atoms with E-state index >= 15 is 0 Å². The molecule has 0 bridgehead atoms. The Morgan fingerprint density at radius 3 is 2.52 bits per heavy atom. The number of aromatic amines is 1. The van der Waals surface area contributed by atoms with Gasteiger partial charge in [0, 0.05) is 33.5 Å². The average molecular weight is 616 g/mol. The van der Waals surface area contributed by atoms with Crippen molar-refractivity contribution in [2.75, 3.05) is 7.11 Å². The largest absolute Gasteiger partial charge is 0.493 e. The SMILES string of the molecule is COc1c(Cc2n[nH]c(=O)n2C)ccc(CI)c1Oc1cc(C#N)cc(CI)c1. The third-order valence-electron chi connectivity index (χ3n) is 4.41. The molecule has 150 valence electrons. The van der Waals surface area contributed by atoms with Gasteiger partial charge in [-0.3, -0.25) is 4.57 Å². The summed E-state index contributed by atoms with van der Waals surface area (Å²) in [4.78, 5) is 11.7. The second kappa shape index (κ2) is 9.62. The minimum Gasteiger partial charge on any atom is -0.493 e. The Bertz CT molecular complexity index is 1130. The van der Waals surface area contributed by atoms with Crippen LogP contribution in [0, 0.1) is 11.3 Å². The van der Waals surface area contributed by atoms with Gasteiger partial charge in [0.1, 0.15) is 11.6 Å². The smallest absolute Gasteiger partial charge is 0.343 e. The Kier molecular flexibility index (Phi) is 7.18. The van der Waals surface area contributed by atoms with Crippen LogP contribution < -0.4 is 15.2 Å². The molecule has 1 heterocycles. The highest BCUT2D eigenvalue weighted by atomic mass is 127. The number of hydrogen-bond donors (Lipinski definition) is 1. The third-order valence-corrected chi connectivity index (χ3v) is 6.12. The number of nitriles is 1. The lowest BCUT2D eigenvalue weighted by Gasteiger charge is -2.18. The monoisotopic (exact) mass is 616 g/mol. The molecule has 0 amide bonds. The van der Waals surface area contributed by atoms with Crippen molar-refractivity contribution in [2.24, 2.45) is 7.05 Å². The number of nitrogens with zero attached hydrogens (tertiary/aromatic N) is 3. The fourth-order valence-corrected chi connectivity index (χ4v) is 3.95. The lowest BCUT2D eigenvalue weighted by molar-refractivity contribution is 0.373. The molecular formula is C20H18I2N4O3. The summed E-state index contributed by atoms with van der Waals surface area (Å²) in [6, 6.07) is 11.6. The Morgan fingerprint density at radius 2 is 1.93 bits per heavy atom. The van der Waals surface area contributed by atoms with Crippen LogP contribution in [0.3, 0.4) is 0 Å². The van der Waals surface area contributed by atoms with Crippen molar-refractivity contribution in [3.63, 3.8) is 0 Å². The first-order valence-corrected chi connectivity index (χ1v) is 11.7. The lowest BCUT2D eigenvalue weighted by Crippen LogP contribution is -2.14. The molecule has 1 N–H and O–H groups in total. The zero-order valence-corrected chi connectivity index (χ0v) is 20.1. The molecule has 0 unspecified atom stereocenters. The van der Waals surface area contributed by atoms with E-state index in [0.717, 1.165) is 25.5 Å². The van der Waals surface area contributed by atoms with Crippen LogP contribution in [0.25, 0.3) is 0 Å². The highest BCUT2D eigenvalue weighted by molar-refractivity contribution is 14.1. The molecule has 9 heteroatoms. The highest BCUT2D eigenvalue weighted by Gasteiger charge is 2.19. The number of methoxy groups -OCH3 is 1. The summed E-state index contributed by atoms with van der Waals surface area (Å²) in [5.41, 5.74) is 3.12. The Hall–Kier alpha value is -2.07. The normalized spacial score (nSPS) is 10.6. The molecule has 0 saturated carbocycles. The van der Waals surface area contributed by atoms with Gasteiger partial charge in [-0.2, -0.15) is 10.4 Å². The summed E-state index contributed by atoms with van der Waals surface area (Å²) < 4.78 is 14.9. The zero-order chi connectivity index (χ0) is 21.0. The first-order valence-electron chi connectivity index (χ1n) is 8.63. The predicted octanol–water partition coefficient (Wildman–Crippen LogP) is 4.24. The number of alkyl halides is 2. The third kappa shape index (κ3) is 4.75. The fraction of sp³-hybridized carbons (Fsp3) is 0.250. The zero-order valence-electron chi connectivity index (χ0n) is 15.8. The van der Waals surface area contributed by atoms with E-state index in [4.69, 9.17) is 9.47 Å². The molecule has 3 rings (SSSR count). The first kappa shape index (κ1) is 21.6. The van der Waals surface area contributed by atoms with Crippen LogP contribution >= 0.6 is 45.2 Å². The Balaban J connectivity index is 2.07. The topological polar surface area (TPSA) is 92.9 Å². The quantitative estimate of drug-likeness (QED) is 0.317. The number of ether oxygens (including phenoxy) is 2. The number of rotatable bonds is 7. The summed E-state index contributed by atoms with van der Waals surface area (Å²) in [5.74, 6) is 2.38.